The Bertz CT molecular complexity index is 516. The van der Waals surface area contributed by atoms with E-state index in [2.05, 4.69) is 40.0 Å². The lowest BCUT2D eigenvalue weighted by Crippen LogP contribution is -2.32. The van der Waals surface area contributed by atoms with Gasteiger partial charge >= 0.3 is 0 Å². The van der Waals surface area contributed by atoms with Gasteiger partial charge in [0.25, 0.3) is 0 Å². The molecule has 1 heterocycles. The summed E-state index contributed by atoms with van der Waals surface area (Å²) < 4.78 is 27.6. The minimum absolute atomic E-state index is 0.266. The van der Waals surface area contributed by atoms with Crippen LogP contribution in [0.3, 0.4) is 0 Å². The van der Waals surface area contributed by atoms with Gasteiger partial charge in [-0.1, -0.05) is 0 Å². The fourth-order valence-electron chi connectivity index (χ4n) is 2.83. The van der Waals surface area contributed by atoms with E-state index in [9.17, 15) is 8.42 Å². The zero-order valence-electron chi connectivity index (χ0n) is 12.3. The van der Waals surface area contributed by atoms with Crippen LogP contribution < -0.4 is 10.0 Å². The van der Waals surface area contributed by atoms with Crippen molar-refractivity contribution in [2.75, 3.05) is 18.1 Å². The van der Waals surface area contributed by atoms with E-state index in [1.165, 1.54) is 7.05 Å². The predicted octanol–water partition coefficient (Wildman–Crippen LogP) is 2.03. The minimum Gasteiger partial charge on any atom is -0.381 e. The smallest absolute Gasteiger partial charge is 0.211 e. The highest BCUT2D eigenvalue weighted by molar-refractivity contribution is 7.89. The largest absolute Gasteiger partial charge is 0.381 e. The number of nitrogens with one attached hydrogen (secondary N) is 2. The quantitative estimate of drug-likeness (QED) is 0.845. The molecular formula is C14H25N3O2S. The van der Waals surface area contributed by atoms with Gasteiger partial charge in [-0.3, -0.25) is 0 Å². The molecule has 2 N–H and O–H groups in total. The Morgan fingerprint density at radius 3 is 2.55 bits per heavy atom. The molecule has 0 atom stereocenters. The molecule has 0 radical (unpaired) electrons. The van der Waals surface area contributed by atoms with Gasteiger partial charge in [0.2, 0.25) is 10.0 Å². The van der Waals surface area contributed by atoms with E-state index in [1.807, 2.05) is 0 Å². The zero-order chi connectivity index (χ0) is 14.6. The van der Waals surface area contributed by atoms with Crippen LogP contribution in [0.4, 0.5) is 5.69 Å². The highest BCUT2D eigenvalue weighted by atomic mass is 32.2. The molecule has 0 aromatic carbocycles. The van der Waals surface area contributed by atoms with Gasteiger partial charge in [0.05, 0.1) is 11.4 Å². The van der Waals surface area contributed by atoms with Crippen molar-refractivity contribution in [3.63, 3.8) is 0 Å². The molecule has 1 aromatic rings. The third-order valence-corrected chi connectivity index (χ3v) is 5.63. The lowest BCUT2D eigenvalue weighted by molar-refractivity contribution is 0.361. The second-order valence-corrected chi connectivity index (χ2v) is 7.55. The Labute approximate surface area is 121 Å². The highest BCUT2D eigenvalue weighted by Crippen LogP contribution is 2.27. The van der Waals surface area contributed by atoms with Crippen molar-refractivity contribution in [1.82, 2.24) is 9.29 Å². The molecule has 0 spiro atoms. The summed E-state index contributed by atoms with van der Waals surface area (Å²) in [6.45, 7) is 3.10. The van der Waals surface area contributed by atoms with E-state index in [0.29, 0.717) is 12.0 Å². The van der Waals surface area contributed by atoms with Gasteiger partial charge in [-0.2, -0.15) is 0 Å². The third-order valence-electron chi connectivity index (χ3n) is 4.10. The Kier molecular flexibility index (Phi) is 5.10. The van der Waals surface area contributed by atoms with Crippen molar-refractivity contribution in [2.45, 2.75) is 45.2 Å². The van der Waals surface area contributed by atoms with Crippen molar-refractivity contribution >= 4 is 15.7 Å². The summed E-state index contributed by atoms with van der Waals surface area (Å²) in [5, 5.41) is 3.55. The molecule has 1 fully saturated rings. The molecule has 0 bridgehead atoms. The van der Waals surface area contributed by atoms with E-state index in [1.54, 1.807) is 0 Å². The summed E-state index contributed by atoms with van der Waals surface area (Å²) >= 11 is 0. The number of anilines is 1. The third kappa shape index (κ3) is 4.24. The Balaban J connectivity index is 1.79. The first-order valence-corrected chi connectivity index (χ1v) is 9.01. The Hall–Kier alpha value is -1.01. The van der Waals surface area contributed by atoms with Crippen molar-refractivity contribution in [3.05, 3.63) is 18.5 Å². The lowest BCUT2D eigenvalue weighted by Gasteiger charge is -2.29. The second kappa shape index (κ2) is 6.63. The molecule has 5 nitrogen and oxygen atoms in total. The van der Waals surface area contributed by atoms with Crippen LogP contribution in [0.1, 0.15) is 32.6 Å². The van der Waals surface area contributed by atoms with Gasteiger partial charge in [0.15, 0.2) is 0 Å². The normalized spacial score (nSPS) is 23.7. The maximum absolute atomic E-state index is 11.5. The molecule has 2 rings (SSSR count). The number of aryl methyl sites for hydroxylation is 1. The number of aromatic nitrogens is 1. The molecule has 6 heteroatoms. The van der Waals surface area contributed by atoms with Crippen LogP contribution in [-0.2, 0) is 16.6 Å². The van der Waals surface area contributed by atoms with Crippen molar-refractivity contribution in [3.8, 4) is 0 Å². The molecular weight excluding hydrogens is 274 g/mol. The Morgan fingerprint density at radius 1 is 1.30 bits per heavy atom. The van der Waals surface area contributed by atoms with Crippen molar-refractivity contribution in [1.29, 1.82) is 0 Å². The first kappa shape index (κ1) is 15.4. The summed E-state index contributed by atoms with van der Waals surface area (Å²) in [7, 11) is -1.58. The lowest BCUT2D eigenvalue weighted by atomic mass is 9.87. The number of sulfonamides is 1. The fraction of sp³-hybridized carbons (Fsp3) is 0.714. The summed E-state index contributed by atoms with van der Waals surface area (Å²) in [5.74, 6) is 0.563. The van der Waals surface area contributed by atoms with Gasteiger partial charge < -0.3 is 9.88 Å². The van der Waals surface area contributed by atoms with Crippen LogP contribution in [0.15, 0.2) is 18.5 Å². The monoisotopic (exact) mass is 299 g/mol. The molecule has 1 saturated carbocycles. The van der Waals surface area contributed by atoms with Crippen LogP contribution in [-0.4, -0.2) is 31.8 Å². The zero-order valence-corrected chi connectivity index (χ0v) is 13.1. The first-order chi connectivity index (χ1) is 9.52. The number of hydrogen-bond acceptors (Lipinski definition) is 3. The van der Waals surface area contributed by atoms with Crippen molar-refractivity contribution < 1.29 is 8.42 Å². The maximum atomic E-state index is 11.5. The SMILES string of the molecule is CCn1ccc(N[C@H]2CC[C@H](CS(=O)(=O)NC)CC2)c1. The summed E-state index contributed by atoms with van der Waals surface area (Å²) in [6.07, 6.45) is 8.24. The van der Waals surface area contributed by atoms with Crippen molar-refractivity contribution in [2.24, 2.45) is 5.92 Å². The number of rotatable bonds is 6. The standard InChI is InChI=1S/C14H25N3O2S/c1-3-17-9-8-14(10-17)16-13-6-4-12(5-7-13)11-20(18,19)15-2/h8-10,12-13,15-16H,3-7,11H2,1-2H3/t12-,13-. The van der Waals surface area contributed by atoms with E-state index in [-0.39, 0.29) is 5.75 Å². The van der Waals surface area contributed by atoms with E-state index >= 15 is 0 Å². The van der Waals surface area contributed by atoms with Gasteiger partial charge in [-0.05, 0) is 51.6 Å². The fourth-order valence-corrected chi connectivity index (χ4v) is 3.95. The van der Waals surface area contributed by atoms with Crippen LogP contribution in [0.5, 0.6) is 0 Å². The van der Waals surface area contributed by atoms with Crippen LogP contribution in [0.25, 0.3) is 0 Å². The van der Waals surface area contributed by atoms with E-state index < -0.39 is 10.0 Å². The average molecular weight is 299 g/mol. The Morgan fingerprint density at radius 2 is 2.00 bits per heavy atom. The molecule has 20 heavy (non-hydrogen) atoms. The second-order valence-electron chi connectivity index (χ2n) is 5.58. The molecule has 0 saturated heterocycles. The first-order valence-electron chi connectivity index (χ1n) is 7.36. The molecule has 0 unspecified atom stereocenters. The van der Waals surface area contributed by atoms with E-state index in [4.69, 9.17) is 0 Å². The van der Waals surface area contributed by atoms with Crippen LogP contribution >= 0.6 is 0 Å². The molecule has 114 valence electrons. The molecule has 0 amide bonds. The van der Waals surface area contributed by atoms with E-state index in [0.717, 1.165) is 37.9 Å². The predicted molar refractivity (Wildman–Crippen MR) is 82.3 cm³/mol. The highest BCUT2D eigenvalue weighted by Gasteiger charge is 2.24. The van der Waals surface area contributed by atoms with Gasteiger partial charge in [-0.25, -0.2) is 13.1 Å². The van der Waals surface area contributed by atoms with Gasteiger partial charge in [0.1, 0.15) is 0 Å². The molecule has 1 aliphatic carbocycles. The molecule has 1 aromatic heterocycles. The summed E-state index contributed by atoms with van der Waals surface area (Å²) in [6, 6.07) is 2.57. The topological polar surface area (TPSA) is 63.1 Å². The maximum Gasteiger partial charge on any atom is 0.211 e. The summed E-state index contributed by atoms with van der Waals surface area (Å²) in [4.78, 5) is 0. The average Bonchev–Trinajstić information content (AvgIpc) is 2.88. The van der Waals surface area contributed by atoms with Gasteiger partial charge in [0, 0.05) is 25.0 Å². The number of hydrogen-bond donors (Lipinski definition) is 2. The molecule has 1 aliphatic rings. The molecule has 0 aliphatic heterocycles. The van der Waals surface area contributed by atoms with Crippen LogP contribution in [0, 0.1) is 5.92 Å². The van der Waals surface area contributed by atoms with Gasteiger partial charge in [-0.15, -0.1) is 0 Å². The van der Waals surface area contributed by atoms with Crippen LogP contribution in [0.2, 0.25) is 0 Å². The minimum atomic E-state index is -3.07. The number of nitrogens with zero attached hydrogens (tertiary/aromatic N) is 1. The summed E-state index contributed by atoms with van der Waals surface area (Å²) in [5.41, 5.74) is 1.16.